The van der Waals surface area contributed by atoms with Gasteiger partial charge in [0.1, 0.15) is 11.0 Å². The van der Waals surface area contributed by atoms with E-state index >= 15 is 0 Å². The maximum atomic E-state index is 6.28. The first-order chi connectivity index (χ1) is 28.5. The van der Waals surface area contributed by atoms with Gasteiger partial charge in [-0.05, 0) is 139 Å². The molecule has 1 aliphatic carbocycles. The molecule has 10 aromatic rings. The molecule has 0 amide bonds. The highest BCUT2D eigenvalue weighted by Crippen LogP contribution is 2.71. The van der Waals surface area contributed by atoms with Crippen LogP contribution in [-0.2, 0) is 5.41 Å². The predicted molar refractivity (Wildman–Crippen MR) is 237 cm³/mol. The molecule has 276 valence electrons. The lowest BCUT2D eigenvalue weighted by molar-refractivity contribution is 0.617. The third-order valence-corrected chi connectivity index (χ3v) is 15.2. The Hall–Kier alpha value is -6.95. The van der Waals surface area contributed by atoms with Gasteiger partial charge >= 0.3 is 0 Å². The molecule has 8 aromatic carbocycles. The van der Waals surface area contributed by atoms with Crippen molar-refractivity contribution in [2.45, 2.75) is 15.2 Å². The summed E-state index contributed by atoms with van der Waals surface area (Å²) in [6, 6.07) is 65.5. The van der Waals surface area contributed by atoms with E-state index in [1.165, 1.54) is 54.3 Å². The molecule has 2 aromatic heterocycles. The average molecular weight is 765 g/mol. The van der Waals surface area contributed by atoms with E-state index in [9.17, 15) is 0 Å². The molecule has 2 aliphatic rings. The van der Waals surface area contributed by atoms with E-state index in [-0.39, 0.29) is 0 Å². The van der Waals surface area contributed by atoms with Gasteiger partial charge in [0.05, 0.1) is 5.41 Å². The highest BCUT2D eigenvalue weighted by molar-refractivity contribution is 8.32. The van der Waals surface area contributed by atoms with E-state index in [2.05, 4.69) is 146 Å². The fraction of sp³-hybridized carbons (Fsp3) is 0.0566. The zero-order valence-corrected chi connectivity index (χ0v) is 32.8. The Balaban J connectivity index is 1.01. The van der Waals surface area contributed by atoms with Crippen molar-refractivity contribution in [3.63, 3.8) is 0 Å². The number of rotatable bonds is 4. The summed E-state index contributed by atoms with van der Waals surface area (Å²) in [5.74, 6) is 1.11. The monoisotopic (exact) mass is 764 g/mol. The van der Waals surface area contributed by atoms with Crippen LogP contribution in [0.2, 0.25) is 0 Å². The molecule has 0 fully saturated rings. The predicted octanol–water partition coefficient (Wildman–Crippen LogP) is 13.8. The van der Waals surface area contributed by atoms with Crippen molar-refractivity contribution < 1.29 is 8.83 Å². The van der Waals surface area contributed by atoms with E-state index in [0.717, 1.165) is 44.5 Å². The van der Waals surface area contributed by atoms with Crippen molar-refractivity contribution in [3.05, 3.63) is 204 Å². The van der Waals surface area contributed by atoms with Gasteiger partial charge in [-0.2, -0.15) is 10.0 Å². The molecule has 0 N–H and O–H groups in total. The van der Waals surface area contributed by atoms with Gasteiger partial charge in [-0.1, -0.05) is 121 Å². The van der Waals surface area contributed by atoms with Crippen LogP contribution in [-0.4, -0.2) is 22.5 Å². The van der Waals surface area contributed by atoms with Crippen molar-refractivity contribution >= 4 is 32.2 Å². The van der Waals surface area contributed by atoms with Crippen LogP contribution >= 0.6 is 10.0 Å². The maximum absolute atomic E-state index is 6.28. The summed E-state index contributed by atoms with van der Waals surface area (Å²) in [5, 5.41) is 0. The smallest absolute Gasteiger partial charge is 0.227 e. The van der Waals surface area contributed by atoms with Crippen molar-refractivity contribution in [2.24, 2.45) is 0 Å². The summed E-state index contributed by atoms with van der Waals surface area (Å²) >= 11 is 0. The number of aromatic nitrogens is 2. The molecule has 12 rings (SSSR count). The largest absolute Gasteiger partial charge is 0.436 e. The summed E-state index contributed by atoms with van der Waals surface area (Å²) in [6.07, 6.45) is 4.92. The molecule has 1 aliphatic heterocycles. The Labute approximate surface area is 337 Å². The molecule has 0 atom stereocenters. The number of hydrogen-bond acceptors (Lipinski definition) is 4. The number of oxazole rings is 2. The number of hydrogen-bond donors (Lipinski definition) is 0. The summed E-state index contributed by atoms with van der Waals surface area (Å²) in [6.45, 7) is 0. The van der Waals surface area contributed by atoms with Crippen molar-refractivity contribution in [1.82, 2.24) is 9.97 Å². The Morgan fingerprint density at radius 1 is 0.379 bits per heavy atom. The zero-order chi connectivity index (χ0) is 38.6. The van der Waals surface area contributed by atoms with E-state index in [4.69, 9.17) is 18.8 Å². The van der Waals surface area contributed by atoms with Crippen LogP contribution in [0.15, 0.2) is 201 Å². The van der Waals surface area contributed by atoms with Gasteiger partial charge in [-0.3, -0.25) is 0 Å². The number of para-hydroxylation sites is 4. The maximum Gasteiger partial charge on any atom is 0.227 e. The highest BCUT2D eigenvalue weighted by Gasteiger charge is 2.52. The first-order valence-electron chi connectivity index (χ1n) is 19.6. The second kappa shape index (κ2) is 12.3. The lowest BCUT2D eigenvalue weighted by atomic mass is 9.67. The van der Waals surface area contributed by atoms with Gasteiger partial charge in [0, 0.05) is 11.1 Å². The molecule has 3 heterocycles. The van der Waals surface area contributed by atoms with Crippen molar-refractivity contribution in [3.8, 4) is 56.3 Å². The molecule has 0 unspecified atom stereocenters. The van der Waals surface area contributed by atoms with Crippen molar-refractivity contribution in [2.75, 3.05) is 12.5 Å². The lowest BCUT2D eigenvalue weighted by Crippen LogP contribution is -2.34. The minimum atomic E-state index is -1.31. The fourth-order valence-electron chi connectivity index (χ4n) is 9.64. The molecule has 1 spiro atoms. The molecule has 0 bridgehead atoms. The Morgan fingerprint density at radius 2 is 0.828 bits per heavy atom. The summed E-state index contributed by atoms with van der Waals surface area (Å²) in [4.78, 5) is 12.6. The minimum absolute atomic E-state index is 0.413. The van der Waals surface area contributed by atoms with Crippen LogP contribution in [0, 0.1) is 0 Å². The van der Waals surface area contributed by atoms with Crippen LogP contribution in [0.5, 0.6) is 0 Å². The molecular formula is C53H36N2O2S. The minimum Gasteiger partial charge on any atom is -0.436 e. The Bertz CT molecular complexity index is 3080. The average Bonchev–Trinajstić information content (AvgIpc) is 3.99. The molecule has 4 nitrogen and oxygen atoms in total. The standard InChI is InChI=1S/C53H36N2O2S/c1-58(2)49-22-12-7-17-43(49)53(41-15-5-3-13-39(41)40-14-4-6-16-42(40)53)44-32-35(27-28-50(44)58)33-23-25-34(26-24-33)36-29-37(51-54-45-18-8-10-20-47(45)56-51)31-38(30-36)52-55-46-19-9-11-21-48(46)57-52/h3-32H,1-2H3. The zero-order valence-electron chi connectivity index (χ0n) is 31.9. The van der Waals surface area contributed by atoms with Gasteiger partial charge in [0.2, 0.25) is 11.8 Å². The number of nitrogens with zero attached hydrogens (tertiary/aromatic N) is 2. The summed E-state index contributed by atoms with van der Waals surface area (Å²) in [7, 11) is -1.31. The summed E-state index contributed by atoms with van der Waals surface area (Å²) < 4.78 is 12.6. The number of benzene rings is 8. The van der Waals surface area contributed by atoms with E-state index in [0.29, 0.717) is 11.8 Å². The first-order valence-corrected chi connectivity index (χ1v) is 22.1. The van der Waals surface area contributed by atoms with Crippen LogP contribution < -0.4 is 0 Å². The second-order valence-corrected chi connectivity index (χ2v) is 19.3. The third-order valence-electron chi connectivity index (χ3n) is 12.3. The second-order valence-electron chi connectivity index (χ2n) is 15.7. The third kappa shape index (κ3) is 4.71. The quantitative estimate of drug-likeness (QED) is 0.179. The molecule has 58 heavy (non-hydrogen) atoms. The summed E-state index contributed by atoms with van der Waals surface area (Å²) in [5.41, 5.74) is 17.1. The van der Waals surface area contributed by atoms with E-state index in [1.807, 2.05) is 48.5 Å². The molecule has 0 saturated carbocycles. The topological polar surface area (TPSA) is 52.1 Å². The molecule has 0 radical (unpaired) electrons. The number of fused-ring (bicyclic) bond motifs is 11. The van der Waals surface area contributed by atoms with Crippen LogP contribution in [0.25, 0.3) is 78.5 Å². The molecular weight excluding hydrogens is 729 g/mol. The van der Waals surface area contributed by atoms with Gasteiger partial charge in [-0.25, -0.2) is 9.97 Å². The van der Waals surface area contributed by atoms with E-state index < -0.39 is 15.4 Å². The highest BCUT2D eigenvalue weighted by atomic mass is 32.3. The molecule has 5 heteroatoms. The normalized spacial score (nSPS) is 14.9. The fourth-order valence-corrected chi connectivity index (χ4v) is 12.2. The Morgan fingerprint density at radius 3 is 1.41 bits per heavy atom. The van der Waals surface area contributed by atoms with Gasteiger partial charge in [0.15, 0.2) is 11.2 Å². The van der Waals surface area contributed by atoms with Crippen LogP contribution in [0.3, 0.4) is 0 Å². The lowest BCUT2D eigenvalue weighted by Gasteiger charge is -2.49. The van der Waals surface area contributed by atoms with E-state index in [1.54, 1.807) is 0 Å². The van der Waals surface area contributed by atoms with Crippen LogP contribution in [0.4, 0.5) is 0 Å². The van der Waals surface area contributed by atoms with Gasteiger partial charge in [0.25, 0.3) is 0 Å². The first kappa shape index (κ1) is 33.2. The SMILES string of the molecule is CS1(C)c2ccccc2C2(c3ccccc3-c3ccccc32)c2cc(-c3ccc(-c4cc(-c5nc6ccccc6o5)cc(-c5nc6ccccc6o5)c4)cc3)ccc21. The Kier molecular flexibility index (Phi) is 7.03. The van der Waals surface area contributed by atoms with Gasteiger partial charge in [-0.15, -0.1) is 0 Å². The van der Waals surface area contributed by atoms with Gasteiger partial charge < -0.3 is 8.83 Å². The molecule has 0 saturated heterocycles. The van der Waals surface area contributed by atoms with Crippen LogP contribution in [0.1, 0.15) is 22.3 Å². The van der Waals surface area contributed by atoms with Crippen molar-refractivity contribution in [1.29, 1.82) is 0 Å².